The number of carbonyl (C=O) groups is 1. The fourth-order valence-electron chi connectivity index (χ4n) is 4.28. The third-order valence-corrected chi connectivity index (χ3v) is 5.97. The number of para-hydroxylation sites is 1. The number of carboxylic acids is 1. The van der Waals surface area contributed by atoms with E-state index >= 15 is 0 Å². The molecule has 0 aromatic heterocycles. The lowest BCUT2D eigenvalue weighted by atomic mass is 9.84. The van der Waals surface area contributed by atoms with Gasteiger partial charge in [-0.2, -0.15) is 0 Å². The van der Waals surface area contributed by atoms with Gasteiger partial charge in [-0.25, -0.2) is 13.6 Å². The molecule has 0 spiro atoms. The number of hydrogen-bond donors (Lipinski definition) is 2. The summed E-state index contributed by atoms with van der Waals surface area (Å²) in [4.78, 5) is 10.8. The maximum Gasteiger partial charge on any atom is 0.341 e. The van der Waals surface area contributed by atoms with Gasteiger partial charge >= 0.3 is 5.97 Å². The van der Waals surface area contributed by atoms with Crippen LogP contribution in [-0.2, 0) is 11.2 Å². The average molecular weight is 520 g/mol. The molecule has 6 nitrogen and oxygen atoms in total. The van der Waals surface area contributed by atoms with Crippen molar-refractivity contribution in [3.8, 4) is 17.2 Å². The molecule has 3 aromatic rings. The van der Waals surface area contributed by atoms with E-state index in [1.165, 1.54) is 19.2 Å². The van der Waals surface area contributed by atoms with E-state index in [2.05, 4.69) is 5.32 Å². The van der Waals surface area contributed by atoms with Crippen LogP contribution >= 0.6 is 12.4 Å². The molecule has 2 N–H and O–H groups in total. The molecule has 2 atom stereocenters. The molecule has 36 heavy (non-hydrogen) atoms. The SMILES string of the molecule is COc1cc(CCNCC2CC(c3ccc(F)c(OCC(=O)O)c3)c3ccccc3O2)ccc1F.Cl. The zero-order valence-electron chi connectivity index (χ0n) is 19.7. The number of halogens is 3. The summed E-state index contributed by atoms with van der Waals surface area (Å²) in [6, 6.07) is 17.1. The standard InChI is InChI=1S/C27H27F2NO5.ClH/c1-33-25-12-17(6-8-22(25)28)10-11-30-15-19-14-21(20-4-2-3-5-24(20)35-19)18-7-9-23(29)26(13-18)34-16-27(31)32;/h2-9,12-13,19,21,30H,10-11,14-16H2,1H3,(H,31,32);1H. The second kappa shape index (κ2) is 12.6. The molecule has 1 heterocycles. The minimum Gasteiger partial charge on any atom is -0.494 e. The van der Waals surface area contributed by atoms with Gasteiger partial charge < -0.3 is 24.6 Å². The van der Waals surface area contributed by atoms with E-state index in [1.54, 1.807) is 24.3 Å². The number of nitrogens with one attached hydrogen (secondary N) is 1. The second-order valence-electron chi connectivity index (χ2n) is 8.36. The summed E-state index contributed by atoms with van der Waals surface area (Å²) in [5.41, 5.74) is 2.77. The summed E-state index contributed by atoms with van der Waals surface area (Å²) < 4.78 is 44.2. The number of ether oxygens (including phenoxy) is 3. The summed E-state index contributed by atoms with van der Waals surface area (Å²) in [5.74, 6) is -1.33. The van der Waals surface area contributed by atoms with Gasteiger partial charge in [-0.15, -0.1) is 12.4 Å². The van der Waals surface area contributed by atoms with Gasteiger partial charge in [-0.1, -0.05) is 30.3 Å². The van der Waals surface area contributed by atoms with Gasteiger partial charge in [0.2, 0.25) is 0 Å². The molecule has 0 saturated carbocycles. The van der Waals surface area contributed by atoms with Crippen molar-refractivity contribution >= 4 is 18.4 Å². The number of carboxylic acid groups (broad SMARTS) is 1. The molecule has 0 amide bonds. The van der Waals surface area contributed by atoms with Crippen LogP contribution in [0, 0.1) is 11.6 Å². The molecular weight excluding hydrogens is 492 g/mol. The number of methoxy groups -OCH3 is 1. The highest BCUT2D eigenvalue weighted by Gasteiger charge is 2.29. The molecule has 3 aromatic carbocycles. The van der Waals surface area contributed by atoms with Gasteiger partial charge in [0.05, 0.1) is 7.11 Å². The predicted molar refractivity (Wildman–Crippen MR) is 134 cm³/mol. The van der Waals surface area contributed by atoms with E-state index in [0.29, 0.717) is 25.9 Å². The Labute approximate surface area is 214 Å². The minimum atomic E-state index is -1.17. The molecule has 1 aliphatic heterocycles. The van der Waals surface area contributed by atoms with Crippen molar-refractivity contribution in [2.75, 3.05) is 26.8 Å². The minimum absolute atomic E-state index is 0. The first-order valence-electron chi connectivity index (χ1n) is 11.4. The smallest absolute Gasteiger partial charge is 0.341 e. The normalized spacial score (nSPS) is 16.3. The summed E-state index contributed by atoms with van der Waals surface area (Å²) in [7, 11) is 1.44. The predicted octanol–water partition coefficient (Wildman–Crippen LogP) is 4.97. The lowest BCUT2D eigenvalue weighted by molar-refractivity contribution is -0.139. The zero-order chi connectivity index (χ0) is 24.8. The van der Waals surface area contributed by atoms with Crippen molar-refractivity contribution in [3.05, 3.63) is 89.0 Å². The van der Waals surface area contributed by atoms with Crippen LogP contribution in [0.5, 0.6) is 17.2 Å². The number of benzene rings is 3. The maximum atomic E-state index is 14.2. The first-order chi connectivity index (χ1) is 16.9. The van der Waals surface area contributed by atoms with Crippen molar-refractivity contribution in [2.45, 2.75) is 24.9 Å². The quantitative estimate of drug-likeness (QED) is 0.368. The number of hydrogen-bond acceptors (Lipinski definition) is 5. The Bertz CT molecular complexity index is 1190. The van der Waals surface area contributed by atoms with Gasteiger partial charge in [0.15, 0.2) is 29.7 Å². The molecule has 0 bridgehead atoms. The fraction of sp³-hybridized carbons (Fsp3) is 0.296. The Kier molecular flexibility index (Phi) is 9.50. The van der Waals surface area contributed by atoms with Crippen LogP contribution < -0.4 is 19.5 Å². The van der Waals surface area contributed by atoms with E-state index in [-0.39, 0.29) is 41.7 Å². The Balaban J connectivity index is 0.00000361. The monoisotopic (exact) mass is 519 g/mol. The molecule has 2 unspecified atom stereocenters. The van der Waals surface area contributed by atoms with Crippen molar-refractivity contribution < 1.29 is 32.9 Å². The molecule has 0 aliphatic carbocycles. The highest BCUT2D eigenvalue weighted by molar-refractivity contribution is 5.85. The van der Waals surface area contributed by atoms with Crippen LogP contribution in [0.15, 0.2) is 60.7 Å². The van der Waals surface area contributed by atoms with Crippen molar-refractivity contribution in [1.29, 1.82) is 0 Å². The largest absolute Gasteiger partial charge is 0.494 e. The third kappa shape index (κ3) is 6.65. The van der Waals surface area contributed by atoms with Crippen LogP contribution in [0.25, 0.3) is 0 Å². The van der Waals surface area contributed by atoms with Gasteiger partial charge in [0, 0.05) is 18.0 Å². The molecule has 0 saturated heterocycles. The van der Waals surface area contributed by atoms with Crippen LogP contribution in [0.4, 0.5) is 8.78 Å². The first-order valence-corrected chi connectivity index (χ1v) is 11.4. The molecule has 1 aliphatic rings. The number of aliphatic carboxylic acids is 1. The van der Waals surface area contributed by atoms with E-state index in [9.17, 15) is 13.6 Å². The number of fused-ring (bicyclic) bond motifs is 1. The first kappa shape index (κ1) is 27.2. The van der Waals surface area contributed by atoms with Gasteiger partial charge in [-0.3, -0.25) is 0 Å². The van der Waals surface area contributed by atoms with Crippen LogP contribution in [0.1, 0.15) is 29.0 Å². The summed E-state index contributed by atoms with van der Waals surface area (Å²) >= 11 is 0. The zero-order valence-corrected chi connectivity index (χ0v) is 20.5. The average Bonchev–Trinajstić information content (AvgIpc) is 2.86. The third-order valence-electron chi connectivity index (χ3n) is 5.97. The summed E-state index contributed by atoms with van der Waals surface area (Å²) in [6.07, 6.45) is 1.22. The van der Waals surface area contributed by atoms with Gasteiger partial charge in [-0.05, 0) is 60.8 Å². The van der Waals surface area contributed by atoms with Crippen molar-refractivity contribution in [2.24, 2.45) is 0 Å². The van der Waals surface area contributed by atoms with Crippen molar-refractivity contribution in [1.82, 2.24) is 5.32 Å². The Morgan fingerprint density at radius 2 is 1.83 bits per heavy atom. The van der Waals surface area contributed by atoms with E-state index in [4.69, 9.17) is 19.3 Å². The van der Waals surface area contributed by atoms with Crippen LogP contribution in [0.3, 0.4) is 0 Å². The fourth-order valence-corrected chi connectivity index (χ4v) is 4.28. The highest BCUT2D eigenvalue weighted by atomic mass is 35.5. The van der Waals surface area contributed by atoms with Crippen LogP contribution in [-0.4, -0.2) is 44.0 Å². The number of rotatable bonds is 10. The molecule has 9 heteroatoms. The van der Waals surface area contributed by atoms with Gasteiger partial charge in [0.25, 0.3) is 0 Å². The van der Waals surface area contributed by atoms with E-state index < -0.39 is 18.4 Å². The Morgan fingerprint density at radius 3 is 2.61 bits per heavy atom. The molecule has 4 rings (SSSR count). The topological polar surface area (TPSA) is 77.0 Å². The Hall–Kier alpha value is -3.36. The highest BCUT2D eigenvalue weighted by Crippen LogP contribution is 2.41. The molecule has 192 valence electrons. The van der Waals surface area contributed by atoms with E-state index in [0.717, 1.165) is 22.4 Å². The lowest BCUT2D eigenvalue weighted by Gasteiger charge is -2.33. The second-order valence-corrected chi connectivity index (χ2v) is 8.36. The van der Waals surface area contributed by atoms with Crippen LogP contribution in [0.2, 0.25) is 0 Å². The summed E-state index contributed by atoms with van der Waals surface area (Å²) in [5, 5.41) is 12.3. The molecular formula is C27H28ClF2NO5. The molecule has 0 radical (unpaired) electrons. The van der Waals surface area contributed by atoms with Gasteiger partial charge in [0.1, 0.15) is 11.9 Å². The van der Waals surface area contributed by atoms with Crippen molar-refractivity contribution in [3.63, 3.8) is 0 Å². The molecule has 0 fully saturated rings. The maximum absolute atomic E-state index is 14.2. The lowest BCUT2D eigenvalue weighted by Crippen LogP contribution is -2.36. The van der Waals surface area contributed by atoms with E-state index in [1.807, 2.05) is 24.3 Å². The summed E-state index contributed by atoms with van der Waals surface area (Å²) in [6.45, 7) is 0.647. The Morgan fingerprint density at radius 1 is 1.08 bits per heavy atom.